The highest BCUT2D eigenvalue weighted by Crippen LogP contribution is 2.29. The maximum atomic E-state index is 6.64. The zero-order valence-electron chi connectivity index (χ0n) is 17.3. The molecule has 0 radical (unpaired) electrons. The molecule has 0 aromatic carbocycles. The van der Waals surface area contributed by atoms with Crippen LogP contribution in [0.3, 0.4) is 0 Å². The van der Waals surface area contributed by atoms with Crippen LogP contribution in [-0.4, -0.2) is 46.0 Å². The molecule has 0 aromatic rings. The Bertz CT molecular complexity index is 350. The van der Waals surface area contributed by atoms with Crippen LogP contribution in [-0.2, 0) is 12.3 Å². The molecule has 0 rings (SSSR count). The van der Waals surface area contributed by atoms with Crippen LogP contribution in [0.15, 0.2) is 4.99 Å². The Balaban J connectivity index is 5.40. The molecule has 0 saturated heterocycles. The molecule has 0 heterocycles. The van der Waals surface area contributed by atoms with E-state index in [0.717, 1.165) is 24.7 Å². The molecule has 0 aliphatic rings. The Morgan fingerprint density at radius 2 is 1.04 bits per heavy atom. The van der Waals surface area contributed by atoms with Crippen molar-refractivity contribution >= 4 is 39.5 Å². The van der Waals surface area contributed by atoms with Crippen LogP contribution in [0.4, 0.5) is 0 Å². The van der Waals surface area contributed by atoms with Crippen molar-refractivity contribution in [1.29, 1.82) is 0 Å². The van der Waals surface area contributed by atoms with Gasteiger partial charge in [-0.05, 0) is 79.2 Å². The van der Waals surface area contributed by atoms with Gasteiger partial charge in [0.1, 0.15) is 0 Å². The lowest BCUT2D eigenvalue weighted by molar-refractivity contribution is 0.251. The van der Waals surface area contributed by atoms with Crippen molar-refractivity contribution in [3.63, 3.8) is 0 Å². The smallest absolute Gasteiger partial charge is 0.417 e. The first kappa shape index (κ1) is 23.4. The SMILES string of the molecule is CC(C)=NCCC[Si](O[Si](C)(C)C)(O[Si](C)(C)C)O[Si](C)(C)C. The number of rotatable bonds is 10. The molecule has 23 heavy (non-hydrogen) atoms. The van der Waals surface area contributed by atoms with Crippen LogP contribution in [0.1, 0.15) is 20.3 Å². The zero-order valence-corrected chi connectivity index (χ0v) is 21.3. The van der Waals surface area contributed by atoms with Gasteiger partial charge in [-0.3, -0.25) is 4.99 Å². The number of hydrogen-bond acceptors (Lipinski definition) is 4. The Morgan fingerprint density at radius 1 is 0.696 bits per heavy atom. The maximum absolute atomic E-state index is 6.64. The molecule has 8 heteroatoms. The van der Waals surface area contributed by atoms with E-state index in [-0.39, 0.29) is 0 Å². The van der Waals surface area contributed by atoms with Crippen molar-refractivity contribution in [1.82, 2.24) is 0 Å². The summed E-state index contributed by atoms with van der Waals surface area (Å²) in [5, 5.41) is 0. The molecule has 0 aromatic heterocycles. The van der Waals surface area contributed by atoms with Crippen LogP contribution < -0.4 is 0 Å². The normalized spacial score (nSPS) is 14.0. The van der Waals surface area contributed by atoms with Crippen molar-refractivity contribution in [2.24, 2.45) is 4.99 Å². The van der Waals surface area contributed by atoms with Crippen LogP contribution in [0.2, 0.25) is 65.0 Å². The highest BCUT2D eigenvalue weighted by molar-refractivity contribution is 6.90. The summed E-state index contributed by atoms with van der Waals surface area (Å²) in [6, 6.07) is 0.878. The van der Waals surface area contributed by atoms with E-state index in [4.69, 9.17) is 12.3 Å². The third-order valence-corrected chi connectivity index (χ3v) is 14.5. The predicted molar refractivity (Wildman–Crippen MR) is 112 cm³/mol. The fraction of sp³-hybridized carbons (Fsp3) is 0.933. The van der Waals surface area contributed by atoms with Gasteiger partial charge in [0.25, 0.3) is 0 Å². The molecule has 138 valence electrons. The Kier molecular flexibility index (Phi) is 8.84. The van der Waals surface area contributed by atoms with Crippen LogP contribution in [0.5, 0.6) is 0 Å². The summed E-state index contributed by atoms with van der Waals surface area (Å²) in [4.78, 5) is 4.52. The van der Waals surface area contributed by atoms with Crippen molar-refractivity contribution < 1.29 is 12.3 Å². The first-order chi connectivity index (χ1) is 10.0. The van der Waals surface area contributed by atoms with E-state index in [9.17, 15) is 0 Å². The van der Waals surface area contributed by atoms with Crippen LogP contribution >= 0.6 is 0 Å². The standard InChI is InChI=1S/C15H39NO3Si4/c1-15(2)16-13-12-14-23(17-20(3,4)5,18-21(6,7)8)19-22(9,10)11/h12-14H2,1-11H3. The predicted octanol–water partition coefficient (Wildman–Crippen LogP) is 5.35. The third-order valence-electron chi connectivity index (χ3n) is 2.45. The first-order valence-corrected chi connectivity index (χ1v) is 20.8. The average Bonchev–Trinajstić information content (AvgIpc) is 2.16. The van der Waals surface area contributed by atoms with E-state index in [0.29, 0.717) is 0 Å². The second-order valence-corrected chi connectivity index (χ2v) is 26.2. The quantitative estimate of drug-likeness (QED) is 0.285. The number of aliphatic imine (C=N–C) groups is 1. The third kappa shape index (κ3) is 13.4. The van der Waals surface area contributed by atoms with Gasteiger partial charge in [0.2, 0.25) is 0 Å². The molecule has 0 bridgehead atoms. The topological polar surface area (TPSA) is 40.0 Å². The average molecular weight is 394 g/mol. The lowest BCUT2D eigenvalue weighted by Gasteiger charge is -2.42. The molecule has 0 saturated carbocycles. The van der Waals surface area contributed by atoms with Gasteiger partial charge < -0.3 is 12.3 Å². The zero-order chi connectivity index (χ0) is 18.5. The first-order valence-electron chi connectivity index (χ1n) is 8.62. The van der Waals surface area contributed by atoms with E-state index < -0.39 is 33.8 Å². The maximum Gasteiger partial charge on any atom is 0.469 e. The van der Waals surface area contributed by atoms with Gasteiger partial charge in [-0.15, -0.1) is 0 Å². The van der Waals surface area contributed by atoms with Gasteiger partial charge in [0.15, 0.2) is 25.0 Å². The highest BCUT2D eigenvalue weighted by atomic mass is 28.5. The van der Waals surface area contributed by atoms with E-state index >= 15 is 0 Å². The Morgan fingerprint density at radius 3 is 1.30 bits per heavy atom. The molecule has 4 nitrogen and oxygen atoms in total. The summed E-state index contributed by atoms with van der Waals surface area (Å²) in [5.41, 5.74) is 1.13. The molecule has 0 fully saturated rings. The molecule has 0 aliphatic carbocycles. The van der Waals surface area contributed by atoms with Crippen LogP contribution in [0, 0.1) is 0 Å². The van der Waals surface area contributed by atoms with Gasteiger partial charge >= 0.3 is 8.80 Å². The minimum atomic E-state index is -2.66. The van der Waals surface area contributed by atoms with E-state index in [2.05, 4.69) is 63.9 Å². The second kappa shape index (κ2) is 8.68. The molecular weight excluding hydrogens is 355 g/mol. The number of nitrogens with zero attached hydrogens (tertiary/aromatic N) is 1. The summed E-state index contributed by atoms with van der Waals surface area (Å²) in [7, 11) is -7.92. The molecule has 0 amide bonds. The molecule has 0 atom stereocenters. The summed E-state index contributed by atoms with van der Waals surface area (Å²) in [6.45, 7) is 25.0. The fourth-order valence-electron chi connectivity index (χ4n) is 2.21. The molecular formula is C15H39NO3Si4. The minimum absolute atomic E-state index is 0.830. The van der Waals surface area contributed by atoms with Crippen LogP contribution in [0.25, 0.3) is 0 Å². The van der Waals surface area contributed by atoms with E-state index in [1.54, 1.807) is 0 Å². The highest BCUT2D eigenvalue weighted by Gasteiger charge is 2.49. The molecule has 0 unspecified atom stereocenters. The summed E-state index contributed by atoms with van der Waals surface area (Å²) in [5.74, 6) is 0. The van der Waals surface area contributed by atoms with Crippen molar-refractivity contribution in [3.05, 3.63) is 0 Å². The van der Waals surface area contributed by atoms with Crippen molar-refractivity contribution in [3.8, 4) is 0 Å². The summed E-state index contributed by atoms with van der Waals surface area (Å²) >= 11 is 0. The van der Waals surface area contributed by atoms with Gasteiger partial charge in [0, 0.05) is 18.3 Å². The minimum Gasteiger partial charge on any atom is -0.417 e. The van der Waals surface area contributed by atoms with E-state index in [1.807, 2.05) is 13.8 Å². The molecule has 0 aliphatic heterocycles. The van der Waals surface area contributed by atoms with Crippen molar-refractivity contribution in [2.45, 2.75) is 85.2 Å². The Labute approximate surface area is 148 Å². The summed E-state index contributed by atoms with van der Waals surface area (Å²) < 4.78 is 19.9. The number of hydrogen-bond donors (Lipinski definition) is 0. The Hall–Kier alpha value is 0.418. The van der Waals surface area contributed by atoms with Gasteiger partial charge in [-0.25, -0.2) is 0 Å². The summed E-state index contributed by atoms with van der Waals surface area (Å²) in [6.07, 6.45) is 0.969. The van der Waals surface area contributed by atoms with Crippen molar-refractivity contribution in [2.75, 3.05) is 6.54 Å². The molecule has 0 spiro atoms. The monoisotopic (exact) mass is 393 g/mol. The van der Waals surface area contributed by atoms with Gasteiger partial charge in [-0.1, -0.05) is 0 Å². The largest absolute Gasteiger partial charge is 0.469 e. The lowest BCUT2D eigenvalue weighted by atomic mass is 10.4. The van der Waals surface area contributed by atoms with Gasteiger partial charge in [-0.2, -0.15) is 0 Å². The lowest BCUT2D eigenvalue weighted by Crippen LogP contribution is -2.60. The fourth-order valence-corrected chi connectivity index (χ4v) is 16.9. The molecule has 0 N–H and O–H groups in total. The van der Waals surface area contributed by atoms with E-state index in [1.165, 1.54) is 0 Å². The second-order valence-electron chi connectivity index (χ2n) is 9.26. The van der Waals surface area contributed by atoms with Gasteiger partial charge in [0.05, 0.1) is 0 Å².